The minimum atomic E-state index is -0.810. The molecule has 1 aliphatic rings. The molecule has 156 valence electrons. The van der Waals surface area contributed by atoms with E-state index in [0.29, 0.717) is 30.6 Å². The zero-order chi connectivity index (χ0) is 21.3. The van der Waals surface area contributed by atoms with E-state index in [1.54, 1.807) is 13.2 Å². The molecule has 3 atom stereocenters. The van der Waals surface area contributed by atoms with E-state index < -0.39 is 12.3 Å². The van der Waals surface area contributed by atoms with Crippen LogP contribution >= 0.6 is 0 Å². The molecular formula is C24H25NO5. The number of carboxylic acid groups (broad SMARTS) is 1. The second kappa shape index (κ2) is 10.6. The van der Waals surface area contributed by atoms with Crippen molar-refractivity contribution in [1.82, 2.24) is 0 Å². The summed E-state index contributed by atoms with van der Waals surface area (Å²) in [6.45, 7) is 0.441. The summed E-state index contributed by atoms with van der Waals surface area (Å²) in [6, 6.07) is 17.2. The van der Waals surface area contributed by atoms with Crippen molar-refractivity contribution >= 4 is 5.97 Å². The van der Waals surface area contributed by atoms with Crippen LogP contribution in [-0.2, 0) is 14.3 Å². The lowest BCUT2D eigenvalue weighted by atomic mass is 9.91. The number of nitriles is 1. The second-order valence-corrected chi connectivity index (χ2v) is 7.06. The molecule has 0 saturated carbocycles. The monoisotopic (exact) mass is 407 g/mol. The van der Waals surface area contributed by atoms with Crippen LogP contribution in [0.3, 0.4) is 0 Å². The van der Waals surface area contributed by atoms with E-state index in [4.69, 9.17) is 19.3 Å². The van der Waals surface area contributed by atoms with E-state index in [2.05, 4.69) is 6.07 Å². The van der Waals surface area contributed by atoms with Gasteiger partial charge in [-0.1, -0.05) is 48.6 Å². The number of para-hydroxylation sites is 1. The standard InChI is InChI=1S/C24H25NO5/c1-28-21-13-8-7-12-20(21)23-18(10-3-2-4-14-22(26)27)16-29-24(30-23)19-11-6-5-9-17(19)15-25/h2-3,5-9,11-13,18,23-24H,4,10,14,16H2,1H3,(H,26,27)/b3-2-. The first-order valence-corrected chi connectivity index (χ1v) is 9.89. The van der Waals surface area contributed by atoms with Gasteiger partial charge >= 0.3 is 5.97 Å². The van der Waals surface area contributed by atoms with Gasteiger partial charge in [-0.25, -0.2) is 0 Å². The van der Waals surface area contributed by atoms with Gasteiger partial charge in [0.1, 0.15) is 5.75 Å². The normalized spacial score (nSPS) is 21.3. The van der Waals surface area contributed by atoms with Crippen molar-refractivity contribution in [1.29, 1.82) is 5.26 Å². The number of methoxy groups -OCH3 is 1. The van der Waals surface area contributed by atoms with Gasteiger partial charge in [0, 0.05) is 23.5 Å². The maximum atomic E-state index is 10.7. The van der Waals surface area contributed by atoms with Crippen molar-refractivity contribution in [3.05, 3.63) is 77.4 Å². The molecule has 1 N–H and O–H groups in total. The lowest BCUT2D eigenvalue weighted by Crippen LogP contribution is -2.31. The molecule has 1 aliphatic heterocycles. The van der Waals surface area contributed by atoms with E-state index in [0.717, 1.165) is 11.3 Å². The number of aliphatic carboxylic acids is 1. The third-order valence-electron chi connectivity index (χ3n) is 5.07. The van der Waals surface area contributed by atoms with Crippen molar-refractivity contribution in [3.63, 3.8) is 0 Å². The highest BCUT2D eigenvalue weighted by Crippen LogP contribution is 2.43. The largest absolute Gasteiger partial charge is 0.496 e. The molecule has 2 aromatic carbocycles. The van der Waals surface area contributed by atoms with Gasteiger partial charge in [0.25, 0.3) is 0 Å². The summed E-state index contributed by atoms with van der Waals surface area (Å²) < 4.78 is 17.9. The second-order valence-electron chi connectivity index (χ2n) is 7.06. The first-order valence-electron chi connectivity index (χ1n) is 9.89. The molecule has 6 heteroatoms. The molecule has 1 fully saturated rings. The molecule has 0 bridgehead atoms. The Kier molecular flexibility index (Phi) is 7.61. The van der Waals surface area contributed by atoms with Gasteiger partial charge < -0.3 is 19.3 Å². The van der Waals surface area contributed by atoms with Gasteiger partial charge in [-0.15, -0.1) is 0 Å². The van der Waals surface area contributed by atoms with E-state index >= 15 is 0 Å². The molecule has 3 rings (SSSR count). The van der Waals surface area contributed by atoms with E-state index in [1.165, 1.54) is 0 Å². The molecule has 1 heterocycles. The Morgan fingerprint density at radius 1 is 1.20 bits per heavy atom. The number of ether oxygens (including phenoxy) is 3. The van der Waals surface area contributed by atoms with Gasteiger partial charge in [0.15, 0.2) is 6.29 Å². The highest BCUT2D eigenvalue weighted by atomic mass is 16.7. The van der Waals surface area contributed by atoms with Crippen molar-refractivity contribution < 1.29 is 24.1 Å². The number of hydrogen-bond acceptors (Lipinski definition) is 5. The van der Waals surface area contributed by atoms with Crippen LogP contribution in [0.25, 0.3) is 0 Å². The first kappa shape index (κ1) is 21.6. The number of rotatable bonds is 8. The summed E-state index contributed by atoms with van der Waals surface area (Å²) in [5.41, 5.74) is 2.15. The molecule has 1 saturated heterocycles. The Morgan fingerprint density at radius 2 is 1.93 bits per heavy atom. The Morgan fingerprint density at radius 3 is 2.67 bits per heavy atom. The molecule has 0 amide bonds. The van der Waals surface area contributed by atoms with Crippen molar-refractivity contribution in [2.24, 2.45) is 5.92 Å². The van der Waals surface area contributed by atoms with Crippen LogP contribution in [-0.4, -0.2) is 24.8 Å². The van der Waals surface area contributed by atoms with Gasteiger partial charge in [0.2, 0.25) is 0 Å². The Balaban J connectivity index is 1.83. The smallest absolute Gasteiger partial charge is 0.303 e. The van der Waals surface area contributed by atoms with Crippen LogP contribution in [0.2, 0.25) is 0 Å². The van der Waals surface area contributed by atoms with Crippen LogP contribution in [0, 0.1) is 17.2 Å². The Bertz CT molecular complexity index is 933. The Labute approximate surface area is 176 Å². The van der Waals surface area contributed by atoms with Crippen LogP contribution in [0.1, 0.15) is 48.3 Å². The zero-order valence-corrected chi connectivity index (χ0v) is 16.9. The van der Waals surface area contributed by atoms with Crippen molar-refractivity contribution in [2.75, 3.05) is 13.7 Å². The third-order valence-corrected chi connectivity index (χ3v) is 5.07. The van der Waals surface area contributed by atoms with E-state index in [1.807, 2.05) is 54.6 Å². The number of allylic oxidation sites excluding steroid dienone is 2. The highest BCUT2D eigenvalue weighted by molar-refractivity contribution is 5.66. The Hall–Kier alpha value is -3.14. The predicted octanol–water partition coefficient (Wildman–Crippen LogP) is 4.78. The fourth-order valence-electron chi connectivity index (χ4n) is 3.57. The fraction of sp³-hybridized carbons (Fsp3) is 0.333. The van der Waals surface area contributed by atoms with Crippen molar-refractivity contribution in [2.45, 2.75) is 31.7 Å². The van der Waals surface area contributed by atoms with Crippen LogP contribution in [0.15, 0.2) is 60.7 Å². The van der Waals surface area contributed by atoms with Crippen LogP contribution < -0.4 is 4.74 Å². The van der Waals surface area contributed by atoms with Gasteiger partial charge in [-0.2, -0.15) is 5.26 Å². The number of benzene rings is 2. The summed E-state index contributed by atoms with van der Waals surface area (Å²) in [4.78, 5) is 10.7. The summed E-state index contributed by atoms with van der Waals surface area (Å²) >= 11 is 0. The first-order chi connectivity index (χ1) is 14.6. The van der Waals surface area contributed by atoms with Gasteiger partial charge in [-0.05, 0) is 25.0 Å². The molecule has 2 aromatic rings. The topological polar surface area (TPSA) is 88.8 Å². The molecular weight excluding hydrogens is 382 g/mol. The predicted molar refractivity (Wildman–Crippen MR) is 111 cm³/mol. The minimum Gasteiger partial charge on any atom is -0.496 e. The molecule has 30 heavy (non-hydrogen) atoms. The maximum Gasteiger partial charge on any atom is 0.303 e. The lowest BCUT2D eigenvalue weighted by molar-refractivity contribution is -0.244. The fourth-order valence-corrected chi connectivity index (χ4v) is 3.57. The molecule has 0 aliphatic carbocycles. The van der Waals surface area contributed by atoms with Crippen LogP contribution in [0.5, 0.6) is 5.75 Å². The van der Waals surface area contributed by atoms with E-state index in [9.17, 15) is 10.1 Å². The number of carbonyl (C=O) groups is 1. The lowest BCUT2D eigenvalue weighted by Gasteiger charge is -2.37. The number of nitrogens with zero attached hydrogens (tertiary/aromatic N) is 1. The molecule has 0 spiro atoms. The maximum absolute atomic E-state index is 10.7. The summed E-state index contributed by atoms with van der Waals surface area (Å²) in [6.07, 6.45) is 4.18. The number of carboxylic acids is 1. The molecule has 6 nitrogen and oxygen atoms in total. The van der Waals surface area contributed by atoms with Gasteiger partial charge in [-0.3, -0.25) is 4.79 Å². The molecule has 0 aromatic heterocycles. The van der Waals surface area contributed by atoms with E-state index in [-0.39, 0.29) is 18.4 Å². The average Bonchev–Trinajstić information content (AvgIpc) is 2.78. The third kappa shape index (κ3) is 5.26. The summed E-state index contributed by atoms with van der Waals surface area (Å²) in [5.74, 6) is -0.0562. The minimum absolute atomic E-state index is 0.0212. The van der Waals surface area contributed by atoms with Crippen LogP contribution in [0.4, 0.5) is 0 Å². The van der Waals surface area contributed by atoms with Crippen molar-refractivity contribution in [3.8, 4) is 11.8 Å². The molecule has 3 unspecified atom stereocenters. The quantitative estimate of drug-likeness (QED) is 0.634. The highest BCUT2D eigenvalue weighted by Gasteiger charge is 2.35. The number of hydrogen-bond donors (Lipinski definition) is 1. The average molecular weight is 407 g/mol. The molecule has 0 radical (unpaired) electrons. The zero-order valence-electron chi connectivity index (χ0n) is 16.9. The summed E-state index contributed by atoms with van der Waals surface area (Å²) in [7, 11) is 1.63. The SMILES string of the molecule is COc1ccccc1C1OC(c2ccccc2C#N)OCC1C/C=C\CCC(=O)O. The summed E-state index contributed by atoms with van der Waals surface area (Å²) in [5, 5.41) is 18.2. The van der Waals surface area contributed by atoms with Gasteiger partial charge in [0.05, 0.1) is 31.5 Å².